The second-order valence-electron chi connectivity index (χ2n) is 11.0. The molecule has 2 aliphatic carbocycles. The zero-order chi connectivity index (χ0) is 25.4. The van der Waals surface area contributed by atoms with Crippen LogP contribution in [0.1, 0.15) is 65.1 Å². The molecular formula is C35H25N3. The van der Waals surface area contributed by atoms with E-state index in [1.54, 1.807) is 0 Å². The van der Waals surface area contributed by atoms with Crippen molar-refractivity contribution in [1.29, 1.82) is 5.26 Å². The van der Waals surface area contributed by atoms with Gasteiger partial charge in [-0.15, -0.1) is 0 Å². The summed E-state index contributed by atoms with van der Waals surface area (Å²) >= 11 is 0. The zero-order valence-corrected chi connectivity index (χ0v) is 21.0. The van der Waals surface area contributed by atoms with Crippen LogP contribution in [0, 0.1) is 23.8 Å². The van der Waals surface area contributed by atoms with Crippen LogP contribution in [0.3, 0.4) is 0 Å². The molecule has 3 atom stereocenters. The number of fused-ring (bicyclic) bond motifs is 11. The molecule has 0 N–H and O–H groups in total. The summed E-state index contributed by atoms with van der Waals surface area (Å²) in [5, 5.41) is 12.6. The van der Waals surface area contributed by atoms with E-state index in [9.17, 15) is 5.26 Å². The van der Waals surface area contributed by atoms with Gasteiger partial charge in [-0.05, 0) is 64.8 Å². The molecule has 1 saturated carbocycles. The first-order valence-corrected chi connectivity index (χ1v) is 13.5. The molecule has 3 heteroatoms. The molecule has 5 aromatic rings. The summed E-state index contributed by atoms with van der Waals surface area (Å²) in [7, 11) is 0. The minimum absolute atomic E-state index is 0.303. The Labute approximate surface area is 222 Å². The number of hydrogen-bond donors (Lipinski definition) is 0. The van der Waals surface area contributed by atoms with E-state index in [1.807, 2.05) is 12.1 Å². The van der Waals surface area contributed by atoms with E-state index in [4.69, 9.17) is 6.57 Å². The second-order valence-corrected chi connectivity index (χ2v) is 11.0. The second kappa shape index (κ2) is 7.70. The van der Waals surface area contributed by atoms with Gasteiger partial charge in [-0.2, -0.15) is 5.26 Å². The van der Waals surface area contributed by atoms with Gasteiger partial charge < -0.3 is 4.57 Å². The number of aromatic nitrogens is 1. The van der Waals surface area contributed by atoms with E-state index in [1.165, 1.54) is 51.3 Å². The van der Waals surface area contributed by atoms with Crippen LogP contribution in [0.2, 0.25) is 0 Å². The van der Waals surface area contributed by atoms with Gasteiger partial charge in [-0.3, -0.25) is 0 Å². The highest BCUT2D eigenvalue weighted by atomic mass is 15.1. The smallest absolute Gasteiger partial charge is 0.187 e. The highest BCUT2D eigenvalue weighted by Gasteiger charge is 2.54. The lowest BCUT2D eigenvalue weighted by Gasteiger charge is -2.52. The third-order valence-electron chi connectivity index (χ3n) is 9.41. The van der Waals surface area contributed by atoms with Crippen molar-refractivity contribution in [3.63, 3.8) is 0 Å². The molecule has 0 radical (unpaired) electrons. The van der Waals surface area contributed by atoms with Gasteiger partial charge in [0.25, 0.3) is 0 Å². The quantitative estimate of drug-likeness (QED) is 0.201. The molecule has 0 saturated heterocycles. The largest absolute Gasteiger partial charge is 0.337 e. The lowest BCUT2D eigenvalue weighted by Crippen LogP contribution is -2.47. The average Bonchev–Trinajstić information content (AvgIpc) is 3.25. The SMILES string of the molecule is [C-]#[N+]c1ccc2c(c1)[C@@]1(c3cc(C#N)ccc3C=C2)c2cccc3c4ccccc4n(c23)[C@H]2CCCCC21. The monoisotopic (exact) mass is 487 g/mol. The number of benzene rings is 4. The molecule has 0 amide bonds. The maximum atomic E-state index is 10.00. The van der Waals surface area contributed by atoms with E-state index in [-0.39, 0.29) is 0 Å². The topological polar surface area (TPSA) is 33.1 Å². The number of para-hydroxylation sites is 2. The van der Waals surface area contributed by atoms with Crippen LogP contribution in [0.15, 0.2) is 78.9 Å². The van der Waals surface area contributed by atoms with Crippen LogP contribution >= 0.6 is 0 Å². The van der Waals surface area contributed by atoms with E-state index in [2.05, 4.69) is 94.4 Å². The molecule has 1 fully saturated rings. The number of hydrogen-bond acceptors (Lipinski definition) is 1. The van der Waals surface area contributed by atoms with E-state index < -0.39 is 5.41 Å². The van der Waals surface area contributed by atoms with Gasteiger partial charge >= 0.3 is 0 Å². The Kier molecular flexibility index (Phi) is 4.35. The Hall–Kier alpha value is -4.60. The normalized spacial score (nSPS) is 22.8. The fraction of sp³-hybridized carbons (Fsp3) is 0.200. The van der Waals surface area contributed by atoms with E-state index in [0.29, 0.717) is 23.2 Å². The summed E-state index contributed by atoms with van der Waals surface area (Å²) in [6, 6.07) is 30.8. The standard InChI is InChI=1S/C35H25N3/c1-37-25-18-17-24-16-15-23-14-13-22(21-36)19-30(23)35(31(24)20-25)28-9-3-5-12-33(28)38-32-11-4-2-7-26(32)27-8-6-10-29(35)34(27)38/h2,4,6-8,10-11,13-20,28,33H,3,5,9,12H2/t28?,33-,35+/m0/s1. The molecule has 1 aliphatic heterocycles. The Bertz CT molecular complexity index is 1860. The Morgan fingerprint density at radius 1 is 0.816 bits per heavy atom. The highest BCUT2D eigenvalue weighted by molar-refractivity contribution is 6.10. The van der Waals surface area contributed by atoms with E-state index >= 15 is 0 Å². The average molecular weight is 488 g/mol. The number of rotatable bonds is 0. The van der Waals surface area contributed by atoms with Crippen LogP contribution in [0.25, 0.3) is 38.8 Å². The Morgan fingerprint density at radius 2 is 1.58 bits per heavy atom. The molecular weight excluding hydrogens is 462 g/mol. The van der Waals surface area contributed by atoms with Crippen LogP contribution < -0.4 is 0 Å². The first-order chi connectivity index (χ1) is 18.8. The third-order valence-corrected chi connectivity index (χ3v) is 9.41. The van der Waals surface area contributed by atoms with Crippen molar-refractivity contribution in [2.24, 2.45) is 5.92 Å². The fourth-order valence-corrected chi connectivity index (χ4v) is 8.07. The molecule has 8 rings (SSSR count). The molecule has 1 aromatic heterocycles. The van der Waals surface area contributed by atoms with Crippen molar-refractivity contribution >= 4 is 39.6 Å². The molecule has 2 heterocycles. The van der Waals surface area contributed by atoms with Gasteiger partial charge in [-0.25, -0.2) is 4.85 Å². The van der Waals surface area contributed by atoms with Gasteiger partial charge in [0.2, 0.25) is 0 Å². The molecule has 38 heavy (non-hydrogen) atoms. The molecule has 180 valence electrons. The van der Waals surface area contributed by atoms with E-state index in [0.717, 1.165) is 24.0 Å². The molecule has 1 unspecified atom stereocenters. The first kappa shape index (κ1) is 21.5. The summed E-state index contributed by atoms with van der Waals surface area (Å²) < 4.78 is 2.65. The van der Waals surface area contributed by atoms with Gasteiger partial charge in [-0.1, -0.05) is 85.7 Å². The van der Waals surface area contributed by atoms with Gasteiger partial charge in [0.15, 0.2) is 5.69 Å². The van der Waals surface area contributed by atoms with Crippen LogP contribution in [-0.4, -0.2) is 4.57 Å². The Morgan fingerprint density at radius 3 is 2.42 bits per heavy atom. The first-order valence-electron chi connectivity index (χ1n) is 13.5. The van der Waals surface area contributed by atoms with Crippen LogP contribution in [-0.2, 0) is 5.41 Å². The maximum absolute atomic E-state index is 10.00. The molecule has 3 aliphatic rings. The molecule has 4 aromatic carbocycles. The predicted octanol–water partition coefficient (Wildman–Crippen LogP) is 8.78. The fourth-order valence-electron chi connectivity index (χ4n) is 8.07. The van der Waals surface area contributed by atoms with Crippen molar-refractivity contribution in [3.05, 3.63) is 124 Å². The summed E-state index contributed by atoms with van der Waals surface area (Å²) in [5.74, 6) is 0.303. The van der Waals surface area contributed by atoms with Crippen molar-refractivity contribution < 1.29 is 0 Å². The van der Waals surface area contributed by atoms with Crippen molar-refractivity contribution in [1.82, 2.24) is 4.57 Å². The lowest BCUT2D eigenvalue weighted by atomic mass is 9.54. The Balaban J connectivity index is 1.64. The van der Waals surface area contributed by atoms with Gasteiger partial charge in [0, 0.05) is 22.3 Å². The zero-order valence-electron chi connectivity index (χ0n) is 21.0. The van der Waals surface area contributed by atoms with Crippen LogP contribution in [0.4, 0.5) is 5.69 Å². The minimum atomic E-state index is -0.462. The van der Waals surface area contributed by atoms with Crippen molar-refractivity contribution in [2.45, 2.75) is 37.1 Å². The summed E-state index contributed by atoms with van der Waals surface area (Å²) in [6.45, 7) is 7.87. The predicted molar refractivity (Wildman–Crippen MR) is 153 cm³/mol. The third kappa shape index (κ3) is 2.56. The van der Waals surface area contributed by atoms with Gasteiger partial charge in [0.05, 0.1) is 29.1 Å². The maximum Gasteiger partial charge on any atom is 0.187 e. The number of nitriles is 1. The van der Waals surface area contributed by atoms with Gasteiger partial charge in [0.1, 0.15) is 0 Å². The highest BCUT2D eigenvalue weighted by Crippen LogP contribution is 2.62. The molecule has 3 nitrogen and oxygen atoms in total. The number of nitrogens with zero attached hydrogens (tertiary/aromatic N) is 3. The van der Waals surface area contributed by atoms with Crippen molar-refractivity contribution in [3.8, 4) is 6.07 Å². The summed E-state index contributed by atoms with van der Waals surface area (Å²) in [5.41, 5.74) is 9.56. The summed E-state index contributed by atoms with van der Waals surface area (Å²) in [6.07, 6.45) is 9.06. The molecule has 0 bridgehead atoms. The molecule has 1 spiro atoms. The minimum Gasteiger partial charge on any atom is -0.337 e. The summed E-state index contributed by atoms with van der Waals surface area (Å²) in [4.78, 5) is 3.88. The lowest BCUT2D eigenvalue weighted by molar-refractivity contribution is 0.176. The van der Waals surface area contributed by atoms with Crippen molar-refractivity contribution in [2.75, 3.05) is 0 Å². The van der Waals surface area contributed by atoms with Crippen LogP contribution in [0.5, 0.6) is 0 Å².